The van der Waals surface area contributed by atoms with Crippen LogP contribution in [0, 0.1) is 6.92 Å². The lowest BCUT2D eigenvalue weighted by Gasteiger charge is -2.35. The molecule has 0 saturated carbocycles. The van der Waals surface area contributed by atoms with Crippen LogP contribution in [0.2, 0.25) is 0 Å². The van der Waals surface area contributed by atoms with E-state index >= 15 is 0 Å². The van der Waals surface area contributed by atoms with E-state index in [0.717, 1.165) is 5.56 Å². The number of carbonyl (C=O) groups excluding carboxylic acids is 2. The van der Waals surface area contributed by atoms with E-state index in [4.69, 9.17) is 9.26 Å². The van der Waals surface area contributed by atoms with E-state index in [1.807, 2.05) is 37.3 Å². The highest BCUT2D eigenvalue weighted by Gasteiger charge is 2.35. The summed E-state index contributed by atoms with van der Waals surface area (Å²) in [5, 5.41) is 7.00. The maximum atomic E-state index is 12.9. The number of likely N-dealkylation sites (tertiary alicyclic amines) is 1. The molecule has 32 heavy (non-hydrogen) atoms. The lowest BCUT2D eigenvalue weighted by atomic mass is 10.0. The minimum absolute atomic E-state index is 0.00590. The van der Waals surface area contributed by atoms with E-state index in [1.54, 1.807) is 27.8 Å². The SMILES string of the molecule is COC(=O)N1CC(c2noc(-c3ccc(C)c(NC(=O)c4cnc5ccccn45)c3)n2)C1. The molecule has 0 unspecified atom stereocenters. The number of imidazole rings is 1. The lowest BCUT2D eigenvalue weighted by Crippen LogP contribution is -2.48. The van der Waals surface area contributed by atoms with E-state index in [-0.39, 0.29) is 17.9 Å². The van der Waals surface area contributed by atoms with Crippen LogP contribution in [0.1, 0.15) is 27.8 Å². The molecule has 10 nitrogen and oxygen atoms in total. The standard InChI is InChI=1S/C22H20N6O4/c1-13-6-7-14(21-25-19(26-32-21)15-11-27(12-15)22(30)31-2)9-16(13)24-20(29)17-10-23-18-5-3-4-8-28(17)18/h3-10,15H,11-12H2,1-2H3,(H,24,29). The van der Waals surface area contributed by atoms with Crippen molar-refractivity contribution in [2.75, 3.05) is 25.5 Å². The Morgan fingerprint density at radius 2 is 2.06 bits per heavy atom. The molecule has 0 aliphatic carbocycles. The average molecular weight is 432 g/mol. The van der Waals surface area contributed by atoms with Crippen molar-refractivity contribution in [3.05, 3.63) is 65.9 Å². The molecule has 1 saturated heterocycles. The van der Waals surface area contributed by atoms with Gasteiger partial charge in [-0.2, -0.15) is 4.98 Å². The van der Waals surface area contributed by atoms with Gasteiger partial charge in [0, 0.05) is 30.5 Å². The Morgan fingerprint density at radius 1 is 1.22 bits per heavy atom. The maximum absolute atomic E-state index is 12.9. The Hall–Kier alpha value is -4.21. The third-order valence-electron chi connectivity index (χ3n) is 5.50. The van der Waals surface area contributed by atoms with Crippen molar-refractivity contribution < 1.29 is 18.8 Å². The molecule has 1 aliphatic heterocycles. The Labute approximate surface area is 182 Å². The molecule has 1 fully saturated rings. The quantitative estimate of drug-likeness (QED) is 0.527. The zero-order chi connectivity index (χ0) is 22.2. The molecule has 5 rings (SSSR count). The summed E-state index contributed by atoms with van der Waals surface area (Å²) in [5.41, 5.74) is 3.35. The van der Waals surface area contributed by atoms with Gasteiger partial charge in [-0.15, -0.1) is 0 Å². The largest absolute Gasteiger partial charge is 0.453 e. The van der Waals surface area contributed by atoms with E-state index in [0.29, 0.717) is 47.4 Å². The van der Waals surface area contributed by atoms with Crippen molar-refractivity contribution in [2.45, 2.75) is 12.8 Å². The molecule has 0 radical (unpaired) electrons. The summed E-state index contributed by atoms with van der Waals surface area (Å²) in [6.07, 6.45) is 2.97. The topological polar surface area (TPSA) is 115 Å². The van der Waals surface area contributed by atoms with E-state index in [2.05, 4.69) is 20.4 Å². The zero-order valence-electron chi connectivity index (χ0n) is 17.5. The predicted molar refractivity (Wildman–Crippen MR) is 114 cm³/mol. The summed E-state index contributed by atoms with van der Waals surface area (Å²) in [6, 6.07) is 11.1. The van der Waals surface area contributed by atoms with Crippen molar-refractivity contribution in [2.24, 2.45) is 0 Å². The lowest BCUT2D eigenvalue weighted by molar-refractivity contribution is 0.0857. The van der Waals surface area contributed by atoms with Gasteiger partial charge in [0.25, 0.3) is 11.8 Å². The number of pyridine rings is 1. The number of rotatable bonds is 4. The number of amides is 2. The molecule has 10 heteroatoms. The smallest absolute Gasteiger partial charge is 0.409 e. The molecule has 2 amide bonds. The summed E-state index contributed by atoms with van der Waals surface area (Å²) in [6.45, 7) is 2.88. The van der Waals surface area contributed by atoms with Gasteiger partial charge < -0.3 is 19.5 Å². The maximum Gasteiger partial charge on any atom is 0.409 e. The van der Waals surface area contributed by atoms with Gasteiger partial charge in [0.1, 0.15) is 11.3 Å². The van der Waals surface area contributed by atoms with Crippen LogP contribution in [0.5, 0.6) is 0 Å². The molecule has 4 aromatic rings. The monoisotopic (exact) mass is 432 g/mol. The van der Waals surface area contributed by atoms with Crippen molar-refractivity contribution in [1.82, 2.24) is 24.4 Å². The second-order valence-electron chi connectivity index (χ2n) is 7.59. The van der Waals surface area contributed by atoms with Gasteiger partial charge in [-0.1, -0.05) is 17.3 Å². The minimum Gasteiger partial charge on any atom is -0.453 e. The molecule has 3 aromatic heterocycles. The second kappa shape index (κ2) is 7.80. The number of aryl methyl sites for hydroxylation is 1. The summed E-state index contributed by atoms with van der Waals surface area (Å²) in [5.74, 6) is 0.623. The molecule has 162 valence electrons. The first-order valence-corrected chi connectivity index (χ1v) is 10.0. The summed E-state index contributed by atoms with van der Waals surface area (Å²) in [4.78, 5) is 34.7. The van der Waals surface area contributed by atoms with E-state index in [9.17, 15) is 9.59 Å². The van der Waals surface area contributed by atoms with Crippen LogP contribution in [0.25, 0.3) is 17.1 Å². The van der Waals surface area contributed by atoms with Crippen molar-refractivity contribution in [3.63, 3.8) is 0 Å². The summed E-state index contributed by atoms with van der Waals surface area (Å²) < 4.78 is 11.9. The molecule has 0 atom stereocenters. The van der Waals surface area contributed by atoms with Crippen LogP contribution in [0.3, 0.4) is 0 Å². The number of benzene rings is 1. The average Bonchev–Trinajstić information content (AvgIpc) is 3.41. The highest BCUT2D eigenvalue weighted by molar-refractivity contribution is 6.04. The minimum atomic E-state index is -0.366. The second-order valence-corrected chi connectivity index (χ2v) is 7.59. The number of hydrogen-bond acceptors (Lipinski definition) is 7. The van der Waals surface area contributed by atoms with E-state index in [1.165, 1.54) is 7.11 Å². The predicted octanol–water partition coefficient (Wildman–Crippen LogP) is 3.11. The molecule has 1 aromatic carbocycles. The molecule has 1 aliphatic rings. The van der Waals surface area contributed by atoms with Gasteiger partial charge in [-0.25, -0.2) is 9.78 Å². The van der Waals surface area contributed by atoms with Gasteiger partial charge in [-0.3, -0.25) is 9.20 Å². The zero-order valence-corrected chi connectivity index (χ0v) is 17.5. The number of nitrogens with zero attached hydrogens (tertiary/aromatic N) is 5. The van der Waals surface area contributed by atoms with Crippen LogP contribution >= 0.6 is 0 Å². The van der Waals surface area contributed by atoms with Crippen molar-refractivity contribution in [1.29, 1.82) is 0 Å². The number of anilines is 1. The Morgan fingerprint density at radius 3 is 2.88 bits per heavy atom. The molecular formula is C22H20N6O4. The first-order valence-electron chi connectivity index (χ1n) is 10.0. The fourth-order valence-electron chi connectivity index (χ4n) is 3.61. The van der Waals surface area contributed by atoms with E-state index < -0.39 is 0 Å². The number of hydrogen-bond donors (Lipinski definition) is 1. The van der Waals surface area contributed by atoms with Crippen LogP contribution in [0.4, 0.5) is 10.5 Å². The fourth-order valence-corrected chi connectivity index (χ4v) is 3.61. The number of fused-ring (bicyclic) bond motifs is 1. The van der Waals surface area contributed by atoms with Gasteiger partial charge in [0.15, 0.2) is 5.82 Å². The Bertz CT molecular complexity index is 1320. The highest BCUT2D eigenvalue weighted by atomic mass is 16.5. The van der Waals surface area contributed by atoms with Crippen molar-refractivity contribution in [3.8, 4) is 11.5 Å². The molecule has 1 N–H and O–H groups in total. The molecule has 0 bridgehead atoms. The number of nitrogens with one attached hydrogen (secondary N) is 1. The number of ether oxygens (including phenoxy) is 1. The number of carbonyl (C=O) groups is 2. The first kappa shape index (κ1) is 19.7. The highest BCUT2D eigenvalue weighted by Crippen LogP contribution is 2.29. The van der Waals surface area contributed by atoms with Crippen molar-refractivity contribution >= 4 is 23.3 Å². The number of methoxy groups -OCH3 is 1. The fraction of sp³-hybridized carbons (Fsp3) is 0.227. The van der Waals surface area contributed by atoms with Gasteiger partial charge in [0.05, 0.1) is 19.2 Å². The van der Waals surface area contributed by atoms with Gasteiger partial charge in [0.2, 0.25) is 0 Å². The van der Waals surface area contributed by atoms with Gasteiger partial charge >= 0.3 is 6.09 Å². The number of aromatic nitrogens is 4. The molecule has 4 heterocycles. The van der Waals surface area contributed by atoms with Gasteiger partial charge in [-0.05, 0) is 36.8 Å². The van der Waals surface area contributed by atoms with Crippen LogP contribution in [0.15, 0.2) is 53.3 Å². The Kier molecular flexibility index (Phi) is 4.81. The molecule has 0 spiro atoms. The molecular weight excluding hydrogens is 412 g/mol. The third-order valence-corrected chi connectivity index (χ3v) is 5.50. The summed E-state index contributed by atoms with van der Waals surface area (Å²) >= 11 is 0. The first-order chi connectivity index (χ1) is 15.5. The van der Waals surface area contributed by atoms with Crippen LogP contribution in [-0.4, -0.2) is 56.6 Å². The Balaban J connectivity index is 1.34. The van der Waals surface area contributed by atoms with Crippen LogP contribution in [-0.2, 0) is 4.74 Å². The normalized spacial score (nSPS) is 13.8. The third kappa shape index (κ3) is 3.45. The van der Waals surface area contributed by atoms with Crippen LogP contribution < -0.4 is 5.32 Å². The summed E-state index contributed by atoms with van der Waals surface area (Å²) in [7, 11) is 1.35.